The van der Waals surface area contributed by atoms with Crippen LogP contribution in [-0.4, -0.2) is 73.6 Å². The van der Waals surface area contributed by atoms with Crippen LogP contribution in [0.25, 0.3) is 0 Å². The first-order valence-corrected chi connectivity index (χ1v) is 9.98. The highest BCUT2D eigenvalue weighted by Gasteiger charge is 2.08. The van der Waals surface area contributed by atoms with Crippen LogP contribution in [0.3, 0.4) is 0 Å². The lowest BCUT2D eigenvalue weighted by Crippen LogP contribution is -2.21. The van der Waals surface area contributed by atoms with Crippen molar-refractivity contribution in [3.63, 3.8) is 0 Å². The van der Waals surface area contributed by atoms with E-state index in [4.69, 9.17) is 29.2 Å². The molecule has 4 N–H and O–H groups in total. The van der Waals surface area contributed by atoms with Gasteiger partial charge in [0.2, 0.25) is 11.8 Å². The van der Waals surface area contributed by atoms with Crippen LogP contribution >= 0.6 is 0 Å². The van der Waals surface area contributed by atoms with Gasteiger partial charge in [0.25, 0.3) is 0 Å². The zero-order valence-corrected chi connectivity index (χ0v) is 18.0. The number of aliphatic hydroxyl groups is 2. The summed E-state index contributed by atoms with van der Waals surface area (Å²) in [5.74, 6) is -1.70. The lowest BCUT2D eigenvalue weighted by Gasteiger charge is -2.09. The fourth-order valence-electron chi connectivity index (χ4n) is 2.35. The topological polar surface area (TPSA) is 170 Å². The molecule has 0 aromatic heterocycles. The van der Waals surface area contributed by atoms with Crippen LogP contribution in [0.15, 0.2) is 48.5 Å². The maximum atomic E-state index is 11.7. The molecule has 0 unspecified atom stereocenters. The molecular weight excluding hydrogens is 452 g/mol. The number of carbonyl (C=O) groups excluding carboxylic acids is 4. The Labute approximate surface area is 194 Å². The standard InChI is InChI=1S/C22H24N2O10/c25-11-19(27)23-15-1-5-17(6-2-15)33-13-21(29)31-9-10-32-22(30)14-34-18-7-3-16(4-8-18)24-20(28)12-26/h1-8,25-26H,9-14H2,(H,23,27)(H,24,28). The Balaban J connectivity index is 1.57. The molecule has 182 valence electrons. The minimum atomic E-state index is -0.668. The molecule has 0 aliphatic carbocycles. The average Bonchev–Trinajstić information content (AvgIpc) is 2.85. The summed E-state index contributed by atoms with van der Waals surface area (Å²) in [5.41, 5.74) is 0.923. The second-order valence-electron chi connectivity index (χ2n) is 6.48. The Kier molecular flexibility index (Phi) is 10.8. The van der Waals surface area contributed by atoms with Crippen LogP contribution in [0, 0.1) is 0 Å². The number of esters is 2. The molecule has 0 aliphatic rings. The number of benzene rings is 2. The van der Waals surface area contributed by atoms with Crippen LogP contribution in [0.2, 0.25) is 0 Å². The van der Waals surface area contributed by atoms with Crippen molar-refractivity contribution in [2.24, 2.45) is 0 Å². The minimum absolute atomic E-state index is 0.167. The van der Waals surface area contributed by atoms with Crippen molar-refractivity contribution in [3.8, 4) is 11.5 Å². The number of amides is 2. The largest absolute Gasteiger partial charge is 0.482 e. The molecule has 0 radical (unpaired) electrons. The van der Waals surface area contributed by atoms with Crippen LogP contribution in [0.5, 0.6) is 11.5 Å². The van der Waals surface area contributed by atoms with E-state index in [-0.39, 0.29) is 26.4 Å². The van der Waals surface area contributed by atoms with Gasteiger partial charge in [0.05, 0.1) is 0 Å². The van der Waals surface area contributed by atoms with Crippen LogP contribution < -0.4 is 20.1 Å². The van der Waals surface area contributed by atoms with E-state index in [1.165, 1.54) is 24.3 Å². The van der Waals surface area contributed by atoms with Gasteiger partial charge in [-0.05, 0) is 48.5 Å². The van der Waals surface area contributed by atoms with Crippen LogP contribution in [0.1, 0.15) is 0 Å². The van der Waals surface area contributed by atoms with Gasteiger partial charge in [-0.1, -0.05) is 0 Å². The molecule has 12 nitrogen and oxygen atoms in total. The maximum absolute atomic E-state index is 11.7. The van der Waals surface area contributed by atoms with Crippen molar-refractivity contribution in [2.45, 2.75) is 0 Å². The van der Waals surface area contributed by atoms with Crippen molar-refractivity contribution in [1.29, 1.82) is 0 Å². The molecule has 12 heteroatoms. The molecule has 2 aromatic rings. The minimum Gasteiger partial charge on any atom is -0.482 e. The molecule has 0 saturated carbocycles. The van der Waals surface area contributed by atoms with Gasteiger partial charge in [-0.15, -0.1) is 0 Å². The number of anilines is 2. The molecular formula is C22H24N2O10. The number of rotatable bonds is 13. The SMILES string of the molecule is O=C(CO)Nc1ccc(OCC(=O)OCCOC(=O)COc2ccc(NC(=O)CO)cc2)cc1. The fourth-order valence-corrected chi connectivity index (χ4v) is 2.35. The Morgan fingerprint density at radius 1 is 0.618 bits per heavy atom. The molecule has 34 heavy (non-hydrogen) atoms. The Bertz CT molecular complexity index is 881. The van der Waals surface area contributed by atoms with E-state index in [1.54, 1.807) is 24.3 Å². The number of ether oxygens (including phenoxy) is 4. The second kappa shape index (κ2) is 14.1. The average molecular weight is 476 g/mol. The number of aliphatic hydroxyl groups excluding tert-OH is 2. The third kappa shape index (κ3) is 9.97. The highest BCUT2D eigenvalue weighted by atomic mass is 16.6. The lowest BCUT2D eigenvalue weighted by molar-refractivity contribution is -0.154. The maximum Gasteiger partial charge on any atom is 0.344 e. The van der Waals surface area contributed by atoms with Crippen molar-refractivity contribution >= 4 is 35.1 Å². The summed E-state index contributed by atoms with van der Waals surface area (Å²) in [4.78, 5) is 45.6. The first-order chi connectivity index (χ1) is 16.4. The molecule has 0 bridgehead atoms. The summed E-state index contributed by atoms with van der Waals surface area (Å²) in [6, 6.07) is 12.3. The van der Waals surface area contributed by atoms with Gasteiger partial charge in [0.15, 0.2) is 13.2 Å². The third-order valence-corrected chi connectivity index (χ3v) is 3.89. The first kappa shape index (κ1) is 26.1. The quantitative estimate of drug-likeness (QED) is 0.230. The second-order valence-corrected chi connectivity index (χ2v) is 6.48. The van der Waals surface area contributed by atoms with E-state index in [1.807, 2.05) is 0 Å². The van der Waals surface area contributed by atoms with Gasteiger partial charge in [-0.3, -0.25) is 9.59 Å². The highest BCUT2D eigenvalue weighted by molar-refractivity contribution is 5.92. The summed E-state index contributed by atoms with van der Waals surface area (Å²) in [6.07, 6.45) is 0. The molecule has 0 atom stereocenters. The summed E-state index contributed by atoms with van der Waals surface area (Å²) in [6.45, 7) is -2.33. The molecule has 0 heterocycles. The van der Waals surface area contributed by atoms with E-state index < -0.39 is 37.0 Å². The van der Waals surface area contributed by atoms with Crippen molar-refractivity contribution in [1.82, 2.24) is 0 Å². The first-order valence-electron chi connectivity index (χ1n) is 9.98. The molecule has 2 aromatic carbocycles. The molecule has 2 rings (SSSR count). The Morgan fingerprint density at radius 2 is 0.971 bits per heavy atom. The zero-order chi connectivity index (χ0) is 24.8. The number of hydrogen-bond acceptors (Lipinski definition) is 10. The summed E-state index contributed by atoms with van der Waals surface area (Å²) in [5, 5.41) is 22.3. The lowest BCUT2D eigenvalue weighted by atomic mass is 10.3. The van der Waals surface area contributed by atoms with Crippen molar-refractivity contribution in [2.75, 3.05) is 50.3 Å². The monoisotopic (exact) mass is 476 g/mol. The Morgan fingerprint density at radius 3 is 1.29 bits per heavy atom. The van der Waals surface area contributed by atoms with Gasteiger partial charge in [0, 0.05) is 11.4 Å². The van der Waals surface area contributed by atoms with Crippen molar-refractivity contribution in [3.05, 3.63) is 48.5 Å². The third-order valence-electron chi connectivity index (χ3n) is 3.89. The molecule has 0 fully saturated rings. The molecule has 0 aliphatic heterocycles. The zero-order valence-electron chi connectivity index (χ0n) is 18.0. The van der Waals surface area contributed by atoms with E-state index >= 15 is 0 Å². The van der Waals surface area contributed by atoms with Crippen LogP contribution in [0.4, 0.5) is 11.4 Å². The molecule has 2 amide bonds. The Hall–Kier alpha value is -4.16. The van der Waals surface area contributed by atoms with Crippen LogP contribution in [-0.2, 0) is 28.7 Å². The van der Waals surface area contributed by atoms with Crippen molar-refractivity contribution < 1.29 is 48.3 Å². The van der Waals surface area contributed by atoms with E-state index in [9.17, 15) is 19.2 Å². The fraction of sp³-hybridized carbons (Fsp3) is 0.273. The normalized spacial score (nSPS) is 10.1. The van der Waals surface area contributed by atoms with Gasteiger partial charge >= 0.3 is 11.9 Å². The summed E-state index contributed by atoms with van der Waals surface area (Å²) >= 11 is 0. The van der Waals surface area contributed by atoms with Gasteiger partial charge in [0.1, 0.15) is 37.9 Å². The number of nitrogens with one attached hydrogen (secondary N) is 2. The highest BCUT2D eigenvalue weighted by Crippen LogP contribution is 2.16. The summed E-state index contributed by atoms with van der Waals surface area (Å²) in [7, 11) is 0. The number of hydrogen-bond donors (Lipinski definition) is 4. The predicted octanol–water partition coefficient (Wildman–Crippen LogP) is 0.0924. The predicted molar refractivity (Wildman–Crippen MR) is 117 cm³/mol. The van der Waals surface area contributed by atoms with E-state index in [2.05, 4.69) is 10.6 Å². The number of carbonyl (C=O) groups is 4. The van der Waals surface area contributed by atoms with Gasteiger partial charge in [-0.2, -0.15) is 0 Å². The molecule has 0 spiro atoms. The van der Waals surface area contributed by atoms with E-state index in [0.717, 1.165) is 0 Å². The van der Waals surface area contributed by atoms with Gasteiger partial charge in [-0.25, -0.2) is 9.59 Å². The van der Waals surface area contributed by atoms with E-state index in [0.29, 0.717) is 22.9 Å². The summed E-state index contributed by atoms with van der Waals surface area (Å²) < 4.78 is 20.3. The van der Waals surface area contributed by atoms with Gasteiger partial charge < -0.3 is 39.8 Å². The molecule has 0 saturated heterocycles. The smallest absolute Gasteiger partial charge is 0.344 e.